The Morgan fingerprint density at radius 3 is 2.66 bits per heavy atom. The molecular formula is C22H28N2O4S. The SMILES string of the molecule is COc1cccc(CNC(=O)C[C@H]2CCCCN2S(=O)(=O)c2ccc(C)cc2)c1. The molecule has 1 heterocycles. The van der Waals surface area contributed by atoms with E-state index in [4.69, 9.17) is 4.74 Å². The number of aryl methyl sites for hydroxylation is 1. The van der Waals surface area contributed by atoms with Gasteiger partial charge in [0.15, 0.2) is 0 Å². The molecule has 3 rings (SSSR count). The second-order valence-electron chi connectivity index (χ2n) is 7.41. The minimum atomic E-state index is -3.61. The van der Waals surface area contributed by atoms with Crippen molar-refractivity contribution in [2.24, 2.45) is 0 Å². The summed E-state index contributed by atoms with van der Waals surface area (Å²) in [5, 5.41) is 2.90. The lowest BCUT2D eigenvalue weighted by molar-refractivity contribution is -0.122. The van der Waals surface area contributed by atoms with E-state index < -0.39 is 10.0 Å². The third kappa shape index (κ3) is 5.36. The summed E-state index contributed by atoms with van der Waals surface area (Å²) >= 11 is 0. The fraction of sp³-hybridized carbons (Fsp3) is 0.409. The van der Waals surface area contributed by atoms with Gasteiger partial charge in [0.2, 0.25) is 15.9 Å². The molecule has 0 aliphatic carbocycles. The van der Waals surface area contributed by atoms with Gasteiger partial charge in [0, 0.05) is 25.6 Å². The van der Waals surface area contributed by atoms with Gasteiger partial charge in [0.1, 0.15) is 5.75 Å². The van der Waals surface area contributed by atoms with E-state index in [1.165, 1.54) is 4.31 Å². The van der Waals surface area contributed by atoms with Gasteiger partial charge in [-0.1, -0.05) is 36.2 Å². The van der Waals surface area contributed by atoms with Gasteiger partial charge < -0.3 is 10.1 Å². The number of sulfonamides is 1. The van der Waals surface area contributed by atoms with Crippen molar-refractivity contribution < 1.29 is 17.9 Å². The van der Waals surface area contributed by atoms with Crippen LogP contribution in [0.2, 0.25) is 0 Å². The molecule has 1 aliphatic heterocycles. The maximum atomic E-state index is 13.1. The van der Waals surface area contributed by atoms with Crippen molar-refractivity contribution in [3.8, 4) is 5.75 Å². The number of nitrogens with one attached hydrogen (secondary N) is 1. The Balaban J connectivity index is 1.66. The van der Waals surface area contributed by atoms with Crippen LogP contribution in [-0.2, 0) is 21.4 Å². The van der Waals surface area contributed by atoms with Crippen LogP contribution >= 0.6 is 0 Å². The number of amides is 1. The first-order chi connectivity index (χ1) is 13.9. The van der Waals surface area contributed by atoms with Gasteiger partial charge in [-0.25, -0.2) is 8.42 Å². The molecule has 1 saturated heterocycles. The topological polar surface area (TPSA) is 75.7 Å². The molecule has 0 saturated carbocycles. The summed E-state index contributed by atoms with van der Waals surface area (Å²) in [5.74, 6) is 0.586. The summed E-state index contributed by atoms with van der Waals surface area (Å²) in [5.41, 5.74) is 1.95. The minimum absolute atomic E-state index is 0.149. The summed E-state index contributed by atoms with van der Waals surface area (Å²) in [4.78, 5) is 12.8. The van der Waals surface area contributed by atoms with Gasteiger partial charge in [0.25, 0.3) is 0 Å². The predicted molar refractivity (Wildman–Crippen MR) is 112 cm³/mol. The number of carbonyl (C=O) groups excluding carboxylic acids is 1. The van der Waals surface area contributed by atoms with Crippen molar-refractivity contribution in [2.45, 2.75) is 50.1 Å². The predicted octanol–water partition coefficient (Wildman–Crippen LogP) is 3.25. The Kier molecular flexibility index (Phi) is 6.92. The number of piperidine rings is 1. The van der Waals surface area contributed by atoms with Crippen molar-refractivity contribution in [2.75, 3.05) is 13.7 Å². The van der Waals surface area contributed by atoms with Crippen LogP contribution in [0.3, 0.4) is 0 Å². The zero-order chi connectivity index (χ0) is 20.9. The van der Waals surface area contributed by atoms with E-state index in [2.05, 4.69) is 5.32 Å². The van der Waals surface area contributed by atoms with Crippen LogP contribution in [0.25, 0.3) is 0 Å². The molecule has 1 N–H and O–H groups in total. The number of rotatable bonds is 7. The third-order valence-corrected chi connectivity index (χ3v) is 7.21. The number of methoxy groups -OCH3 is 1. The molecule has 1 atom stereocenters. The lowest BCUT2D eigenvalue weighted by atomic mass is 10.0. The van der Waals surface area contributed by atoms with Gasteiger partial charge in [-0.05, 0) is 49.6 Å². The molecule has 0 radical (unpaired) electrons. The lowest BCUT2D eigenvalue weighted by Gasteiger charge is -2.34. The Morgan fingerprint density at radius 1 is 1.17 bits per heavy atom. The monoisotopic (exact) mass is 416 g/mol. The highest BCUT2D eigenvalue weighted by atomic mass is 32.2. The van der Waals surface area contributed by atoms with Crippen LogP contribution in [0, 0.1) is 6.92 Å². The van der Waals surface area contributed by atoms with Crippen molar-refractivity contribution >= 4 is 15.9 Å². The smallest absolute Gasteiger partial charge is 0.243 e. The Hall–Kier alpha value is -2.38. The summed E-state index contributed by atoms with van der Waals surface area (Å²) in [7, 11) is -2.01. The van der Waals surface area contributed by atoms with E-state index in [1.807, 2.05) is 31.2 Å². The first-order valence-electron chi connectivity index (χ1n) is 9.88. The average molecular weight is 417 g/mol. The fourth-order valence-corrected chi connectivity index (χ4v) is 5.30. The van der Waals surface area contributed by atoms with E-state index in [9.17, 15) is 13.2 Å². The van der Waals surface area contributed by atoms with Crippen LogP contribution in [0.1, 0.15) is 36.8 Å². The zero-order valence-electron chi connectivity index (χ0n) is 16.9. The van der Waals surface area contributed by atoms with Crippen molar-refractivity contribution in [1.82, 2.24) is 9.62 Å². The number of benzene rings is 2. The normalized spacial score (nSPS) is 17.7. The molecule has 7 heteroatoms. The van der Waals surface area contributed by atoms with E-state index >= 15 is 0 Å². The van der Waals surface area contributed by atoms with Crippen LogP contribution in [-0.4, -0.2) is 38.3 Å². The van der Waals surface area contributed by atoms with Crippen molar-refractivity contribution in [1.29, 1.82) is 0 Å². The summed E-state index contributed by atoms with van der Waals surface area (Å²) in [6.45, 7) is 2.75. The Labute approximate surface area is 172 Å². The van der Waals surface area contributed by atoms with E-state index in [0.717, 1.165) is 29.7 Å². The molecule has 156 valence electrons. The van der Waals surface area contributed by atoms with E-state index in [-0.39, 0.29) is 23.3 Å². The molecule has 0 unspecified atom stereocenters. The number of hydrogen-bond donors (Lipinski definition) is 1. The molecule has 2 aromatic carbocycles. The molecule has 1 fully saturated rings. The number of hydrogen-bond acceptors (Lipinski definition) is 4. The first kappa shape index (κ1) is 21.3. The highest BCUT2D eigenvalue weighted by Gasteiger charge is 2.34. The molecule has 0 spiro atoms. The summed E-state index contributed by atoms with van der Waals surface area (Å²) in [6, 6.07) is 14.1. The van der Waals surface area contributed by atoms with Crippen molar-refractivity contribution in [3.05, 3.63) is 59.7 Å². The Bertz CT molecular complexity index is 942. The standard InChI is InChI=1S/C22H28N2O4S/c1-17-9-11-21(12-10-17)29(26,27)24-13-4-3-7-19(24)15-22(25)23-16-18-6-5-8-20(14-18)28-2/h5-6,8-12,14,19H,3-4,7,13,15-16H2,1-2H3,(H,23,25)/t19-/m1/s1. The quantitative estimate of drug-likeness (QED) is 0.752. The highest BCUT2D eigenvalue weighted by molar-refractivity contribution is 7.89. The van der Waals surface area contributed by atoms with Crippen molar-refractivity contribution in [3.63, 3.8) is 0 Å². The van der Waals surface area contributed by atoms with Crippen LogP contribution < -0.4 is 10.1 Å². The fourth-order valence-electron chi connectivity index (χ4n) is 3.61. The minimum Gasteiger partial charge on any atom is -0.497 e. The molecular weight excluding hydrogens is 388 g/mol. The average Bonchev–Trinajstić information content (AvgIpc) is 2.73. The maximum absolute atomic E-state index is 13.1. The van der Waals surface area contributed by atoms with E-state index in [0.29, 0.717) is 19.5 Å². The summed E-state index contributed by atoms with van der Waals surface area (Å²) in [6.07, 6.45) is 2.59. The first-order valence-corrected chi connectivity index (χ1v) is 11.3. The molecule has 29 heavy (non-hydrogen) atoms. The molecule has 1 aliphatic rings. The second-order valence-corrected chi connectivity index (χ2v) is 9.30. The van der Waals surface area contributed by atoms with Crippen LogP contribution in [0.4, 0.5) is 0 Å². The maximum Gasteiger partial charge on any atom is 0.243 e. The lowest BCUT2D eigenvalue weighted by Crippen LogP contribution is -2.45. The Morgan fingerprint density at radius 2 is 1.93 bits per heavy atom. The second kappa shape index (κ2) is 9.41. The van der Waals surface area contributed by atoms with E-state index in [1.54, 1.807) is 31.4 Å². The number of carbonyl (C=O) groups is 1. The highest BCUT2D eigenvalue weighted by Crippen LogP contribution is 2.27. The third-order valence-electron chi connectivity index (χ3n) is 5.25. The molecule has 0 aromatic heterocycles. The van der Waals surface area contributed by atoms with Crippen LogP contribution in [0.5, 0.6) is 5.75 Å². The molecule has 1 amide bonds. The molecule has 0 bridgehead atoms. The van der Waals surface area contributed by atoms with Gasteiger partial charge in [-0.2, -0.15) is 4.31 Å². The number of nitrogens with zero attached hydrogens (tertiary/aromatic N) is 1. The molecule has 2 aromatic rings. The van der Waals surface area contributed by atoms with Gasteiger partial charge in [-0.3, -0.25) is 4.79 Å². The molecule has 6 nitrogen and oxygen atoms in total. The summed E-state index contributed by atoms with van der Waals surface area (Å²) < 4.78 is 32.9. The van der Waals surface area contributed by atoms with Gasteiger partial charge >= 0.3 is 0 Å². The number of ether oxygens (including phenoxy) is 1. The zero-order valence-corrected chi connectivity index (χ0v) is 17.7. The van der Waals surface area contributed by atoms with Gasteiger partial charge in [-0.15, -0.1) is 0 Å². The largest absolute Gasteiger partial charge is 0.497 e. The van der Waals surface area contributed by atoms with Gasteiger partial charge in [0.05, 0.1) is 12.0 Å². The van der Waals surface area contributed by atoms with Crippen LogP contribution in [0.15, 0.2) is 53.4 Å².